The van der Waals surface area contributed by atoms with Crippen LogP contribution in [0, 0.1) is 0 Å². The second-order valence-corrected chi connectivity index (χ2v) is 11.4. The first-order valence-electron chi connectivity index (χ1n) is 18.1. The van der Waals surface area contributed by atoms with Crippen LogP contribution in [0.25, 0.3) is 11.1 Å². The Morgan fingerprint density at radius 3 is 1.16 bits per heavy atom. The minimum absolute atomic E-state index is 0.0406. The molecule has 0 saturated heterocycles. The summed E-state index contributed by atoms with van der Waals surface area (Å²) in [6, 6.07) is 16.6. The molecule has 1 aliphatic carbocycles. The van der Waals surface area contributed by atoms with E-state index in [-0.39, 0.29) is 12.0 Å². The van der Waals surface area contributed by atoms with E-state index in [4.69, 9.17) is 52.1 Å². The molecule has 0 saturated carbocycles. The number of ether oxygens (including phenoxy) is 11. The number of carbonyl (C=O) groups excluding carboxylic acids is 1. The van der Waals surface area contributed by atoms with E-state index in [2.05, 4.69) is 24.3 Å². The van der Waals surface area contributed by atoms with E-state index in [9.17, 15) is 4.79 Å². The number of benzene rings is 2. The number of hydrogen-bond donors (Lipinski definition) is 0. The van der Waals surface area contributed by atoms with Gasteiger partial charge in [-0.2, -0.15) is 0 Å². The third-order valence-electron chi connectivity index (χ3n) is 7.77. The van der Waals surface area contributed by atoms with Gasteiger partial charge in [0.1, 0.15) is 6.61 Å². The predicted molar refractivity (Wildman–Crippen MR) is 192 cm³/mol. The molecule has 13 nitrogen and oxygen atoms in total. The summed E-state index contributed by atoms with van der Waals surface area (Å²) < 4.78 is 60.3. The molecular formula is C38H59NO12. The third-order valence-corrected chi connectivity index (χ3v) is 7.77. The van der Waals surface area contributed by atoms with Gasteiger partial charge < -0.3 is 57.0 Å². The molecule has 1 aliphatic rings. The average molecular weight is 722 g/mol. The predicted octanol–water partition coefficient (Wildman–Crippen LogP) is 4.05. The Morgan fingerprint density at radius 2 is 0.804 bits per heavy atom. The molecular weight excluding hydrogens is 662 g/mol. The van der Waals surface area contributed by atoms with Crippen molar-refractivity contribution in [2.24, 2.45) is 0 Å². The van der Waals surface area contributed by atoms with Crippen molar-refractivity contribution < 1.29 is 56.9 Å². The lowest BCUT2D eigenvalue weighted by molar-refractivity contribution is -0.0264. The van der Waals surface area contributed by atoms with Crippen LogP contribution in [0.5, 0.6) is 0 Å². The van der Waals surface area contributed by atoms with Crippen LogP contribution in [0.4, 0.5) is 4.79 Å². The Hall–Kier alpha value is -2.69. The van der Waals surface area contributed by atoms with Crippen molar-refractivity contribution in [2.75, 3.05) is 152 Å². The summed E-state index contributed by atoms with van der Waals surface area (Å²) in [5, 5.41) is 0. The fraction of sp³-hybridized carbons (Fsp3) is 0.658. The molecule has 0 spiro atoms. The van der Waals surface area contributed by atoms with Gasteiger partial charge in [-0.15, -0.1) is 0 Å². The largest absolute Gasteiger partial charge is 0.448 e. The highest BCUT2D eigenvalue weighted by Crippen LogP contribution is 2.44. The summed E-state index contributed by atoms with van der Waals surface area (Å²) in [7, 11) is 1.71. The van der Waals surface area contributed by atoms with Gasteiger partial charge in [-0.3, -0.25) is 0 Å². The van der Waals surface area contributed by atoms with Gasteiger partial charge in [0.15, 0.2) is 0 Å². The molecule has 0 radical (unpaired) electrons. The van der Waals surface area contributed by atoms with Crippen LogP contribution < -0.4 is 0 Å². The van der Waals surface area contributed by atoms with E-state index in [0.29, 0.717) is 145 Å². The molecule has 288 valence electrons. The summed E-state index contributed by atoms with van der Waals surface area (Å²) in [5.74, 6) is 0.0406. The molecule has 1 amide bonds. The monoisotopic (exact) mass is 721 g/mol. The first-order valence-corrected chi connectivity index (χ1v) is 18.1. The van der Waals surface area contributed by atoms with Crippen molar-refractivity contribution in [3.63, 3.8) is 0 Å². The van der Waals surface area contributed by atoms with Crippen molar-refractivity contribution in [3.8, 4) is 11.1 Å². The van der Waals surface area contributed by atoms with E-state index >= 15 is 0 Å². The summed E-state index contributed by atoms with van der Waals surface area (Å²) in [6.07, 6.45) is -0.363. The maximum atomic E-state index is 12.6. The number of carbonyl (C=O) groups is 1. The van der Waals surface area contributed by atoms with Gasteiger partial charge in [0.2, 0.25) is 0 Å². The molecule has 51 heavy (non-hydrogen) atoms. The van der Waals surface area contributed by atoms with Crippen LogP contribution in [0.1, 0.15) is 24.0 Å². The highest BCUT2D eigenvalue weighted by atomic mass is 16.6. The molecule has 0 unspecified atom stereocenters. The standard InChI is InChI=1S/C38H59NO12/c1-3-41-14-15-43-18-19-45-22-23-47-26-27-49-30-31-50-29-28-48-25-24-46-21-20-44-17-16-42-13-12-39(2)38(40)51-32-37-35-10-6-4-8-33(35)34-9-5-7-11-36(34)37/h4-11,37H,3,12-32H2,1-2H3. The van der Waals surface area contributed by atoms with Gasteiger partial charge in [0, 0.05) is 26.1 Å². The van der Waals surface area contributed by atoms with Gasteiger partial charge in [-0.25, -0.2) is 4.79 Å². The second-order valence-electron chi connectivity index (χ2n) is 11.4. The number of rotatable bonds is 33. The summed E-state index contributed by atoms with van der Waals surface area (Å²) in [4.78, 5) is 14.1. The van der Waals surface area contributed by atoms with E-state index in [1.165, 1.54) is 27.2 Å². The Labute approximate surface area is 303 Å². The Kier molecular flexibility index (Phi) is 24.2. The van der Waals surface area contributed by atoms with Crippen molar-refractivity contribution in [1.29, 1.82) is 0 Å². The fourth-order valence-corrected chi connectivity index (χ4v) is 5.12. The van der Waals surface area contributed by atoms with Crippen LogP contribution in [0.15, 0.2) is 48.5 Å². The van der Waals surface area contributed by atoms with Crippen LogP contribution >= 0.6 is 0 Å². The molecule has 13 heteroatoms. The number of likely N-dealkylation sites (N-methyl/N-ethyl adjacent to an activating group) is 1. The van der Waals surface area contributed by atoms with Gasteiger partial charge in [-0.05, 0) is 29.2 Å². The third kappa shape index (κ3) is 18.6. The zero-order valence-corrected chi connectivity index (χ0v) is 30.6. The van der Waals surface area contributed by atoms with Gasteiger partial charge in [-0.1, -0.05) is 48.5 Å². The maximum absolute atomic E-state index is 12.6. The summed E-state index contributed by atoms with van der Waals surface area (Å²) in [6.45, 7) is 13.0. The van der Waals surface area contributed by atoms with Crippen LogP contribution in [0.2, 0.25) is 0 Å². The van der Waals surface area contributed by atoms with E-state index in [1.807, 2.05) is 31.2 Å². The molecule has 0 fully saturated rings. The number of hydrogen-bond acceptors (Lipinski definition) is 12. The lowest BCUT2D eigenvalue weighted by Gasteiger charge is -2.19. The molecule has 0 aliphatic heterocycles. The molecule has 3 rings (SSSR count). The smallest absolute Gasteiger partial charge is 0.409 e. The lowest BCUT2D eigenvalue weighted by atomic mass is 9.98. The van der Waals surface area contributed by atoms with E-state index in [1.54, 1.807) is 7.05 Å². The van der Waals surface area contributed by atoms with Gasteiger partial charge in [0.05, 0.1) is 126 Å². The van der Waals surface area contributed by atoms with Crippen molar-refractivity contribution in [2.45, 2.75) is 12.8 Å². The molecule has 0 atom stereocenters. The Bertz CT molecular complexity index is 1110. The van der Waals surface area contributed by atoms with Gasteiger partial charge in [0.25, 0.3) is 0 Å². The molecule has 0 N–H and O–H groups in total. The molecule has 0 aromatic heterocycles. The van der Waals surface area contributed by atoms with Crippen molar-refractivity contribution in [3.05, 3.63) is 59.7 Å². The van der Waals surface area contributed by atoms with E-state index in [0.717, 1.165) is 0 Å². The normalized spacial score (nSPS) is 12.3. The highest BCUT2D eigenvalue weighted by molar-refractivity contribution is 5.79. The SMILES string of the molecule is CCOCCOCCOCCOCCOCCOCCOCCOCCOCCOCCN(C)C(=O)OCC1c2ccccc2-c2ccccc21. The maximum Gasteiger partial charge on any atom is 0.409 e. The van der Waals surface area contributed by atoms with Crippen LogP contribution in [-0.4, -0.2) is 163 Å². The highest BCUT2D eigenvalue weighted by Gasteiger charge is 2.29. The topological polar surface area (TPSA) is 122 Å². The average Bonchev–Trinajstić information content (AvgIpc) is 3.47. The van der Waals surface area contributed by atoms with Crippen LogP contribution in [-0.2, 0) is 52.1 Å². The molecule has 2 aromatic rings. The summed E-state index contributed by atoms with van der Waals surface area (Å²) in [5.41, 5.74) is 4.80. The zero-order valence-electron chi connectivity index (χ0n) is 30.6. The summed E-state index contributed by atoms with van der Waals surface area (Å²) >= 11 is 0. The van der Waals surface area contributed by atoms with Gasteiger partial charge >= 0.3 is 6.09 Å². The first-order chi connectivity index (χ1) is 25.2. The number of fused-ring (bicyclic) bond motifs is 3. The number of amides is 1. The van der Waals surface area contributed by atoms with Crippen molar-refractivity contribution in [1.82, 2.24) is 4.90 Å². The van der Waals surface area contributed by atoms with Crippen molar-refractivity contribution >= 4 is 6.09 Å². The molecule has 0 heterocycles. The zero-order chi connectivity index (χ0) is 36.0. The second kappa shape index (κ2) is 28.8. The Morgan fingerprint density at radius 1 is 0.490 bits per heavy atom. The first kappa shape index (κ1) is 42.7. The minimum atomic E-state index is -0.363. The van der Waals surface area contributed by atoms with E-state index < -0.39 is 0 Å². The number of nitrogens with zero attached hydrogens (tertiary/aromatic N) is 1. The van der Waals surface area contributed by atoms with Crippen LogP contribution in [0.3, 0.4) is 0 Å². The Balaban J connectivity index is 0.995. The molecule has 0 bridgehead atoms. The minimum Gasteiger partial charge on any atom is -0.448 e. The molecule has 2 aromatic carbocycles. The fourth-order valence-electron chi connectivity index (χ4n) is 5.12. The lowest BCUT2D eigenvalue weighted by Crippen LogP contribution is -2.32. The quantitative estimate of drug-likeness (QED) is 0.0989.